The second-order valence-electron chi connectivity index (χ2n) is 31.5. The fourth-order valence-corrected chi connectivity index (χ4v) is 24.5. The zero-order chi connectivity index (χ0) is 106. The van der Waals surface area contributed by atoms with E-state index in [4.69, 9.17) is 9.84 Å². The van der Waals surface area contributed by atoms with E-state index in [0.29, 0.717) is 46.8 Å². The van der Waals surface area contributed by atoms with E-state index in [9.17, 15) is 143 Å². The van der Waals surface area contributed by atoms with Gasteiger partial charge in [-0.1, -0.05) is 245 Å². The molecule has 0 radical (unpaired) electrons. The van der Waals surface area contributed by atoms with Crippen LogP contribution in [0.3, 0.4) is 0 Å². The molecule has 0 amide bonds. The van der Waals surface area contributed by atoms with Crippen LogP contribution in [0.25, 0.3) is 35.8 Å². The number of halogens is 18. The Hall–Kier alpha value is -9.76. The SMILES string of the molecule is C.C.C.C.C.C.CCC(C)c1ccc(OS(=O)(=O)C(F)(F)C(F)(F)C(F)(F)S(=O)(=O)[O-])cc1.CCC(C)c1ccc(OS(=O)(=O)C(F)(F)C(F)(F)C(F)(F)S(=O)(=O)[O-])cc1.CCC(C)c1ccc(OS(=O)(=O)C(F)(F)C(F)(F)C(F)(F)S(=O)(=O)[O-])cc1.CCCOCc1ccc([S+]2CCCC2)c2ccccc12.OCCc1ccc(-[s+]2c3ccccc3c3ccccc32)cc1.c1ccc([S+](c2ccccc2)c2ccccc2)cc1. The number of thiophene rings is 1. The van der Waals surface area contributed by atoms with E-state index in [1.165, 1.54) is 122 Å². The molecule has 1 fully saturated rings. The van der Waals surface area contributed by atoms with Crippen LogP contribution >= 0.6 is 10.5 Å². The lowest BCUT2D eigenvalue weighted by Crippen LogP contribution is -2.61. The van der Waals surface area contributed by atoms with Crippen molar-refractivity contribution >= 4 is 124 Å². The summed E-state index contributed by atoms with van der Waals surface area (Å²) in [5.41, 5.74) is 4.37. The summed E-state index contributed by atoms with van der Waals surface area (Å²) >= 11 is 0. The number of ether oxygens (including phenoxy) is 1. The van der Waals surface area contributed by atoms with Crippen LogP contribution in [-0.2, 0) is 100 Å². The van der Waals surface area contributed by atoms with E-state index in [1.54, 1.807) is 25.7 Å². The molecule has 2 heterocycles. The van der Waals surface area contributed by atoms with Crippen molar-refractivity contribution in [2.45, 2.75) is 231 Å². The van der Waals surface area contributed by atoms with Crippen molar-refractivity contribution < 1.29 is 166 Å². The van der Waals surface area contributed by atoms with E-state index >= 15 is 0 Å². The van der Waals surface area contributed by atoms with Crippen LogP contribution in [0, 0.1) is 0 Å². The van der Waals surface area contributed by atoms with Gasteiger partial charge in [0.1, 0.15) is 28.8 Å². The van der Waals surface area contributed by atoms with Gasteiger partial charge in [-0.2, -0.15) is 104 Å². The first-order valence-corrected chi connectivity index (χ1v) is 55.1. The minimum absolute atomic E-state index is 0. The Bertz CT molecular complexity index is 6430. The fourth-order valence-electron chi connectivity index (χ4n) is 13.3. The van der Waals surface area contributed by atoms with Crippen molar-refractivity contribution in [1.29, 1.82) is 0 Å². The highest BCUT2D eigenvalue weighted by atomic mass is 32.2. The molecule has 0 aliphatic carbocycles. The average Bonchev–Trinajstić information content (AvgIpc) is 0.773. The van der Waals surface area contributed by atoms with Gasteiger partial charge in [0.15, 0.2) is 64.2 Å². The van der Waals surface area contributed by atoms with Crippen molar-refractivity contribution in [2.75, 3.05) is 24.7 Å². The molecular formula is C101H118F18O20S9. The molecule has 0 spiro atoms. The molecule has 822 valence electrons. The van der Waals surface area contributed by atoms with Gasteiger partial charge in [0, 0.05) is 50.7 Å². The molecule has 1 aromatic heterocycles. The van der Waals surface area contributed by atoms with E-state index in [-0.39, 0.29) is 90.3 Å². The predicted molar refractivity (Wildman–Crippen MR) is 544 cm³/mol. The Morgan fingerprint density at radius 2 is 0.622 bits per heavy atom. The second-order valence-corrected chi connectivity index (χ2v) is 46.8. The van der Waals surface area contributed by atoms with E-state index in [1.807, 2.05) is 20.8 Å². The largest absolute Gasteiger partial charge is 0.743 e. The topological polar surface area (TPSA) is 331 Å². The highest BCUT2D eigenvalue weighted by Gasteiger charge is 2.84. The maximum Gasteiger partial charge on any atom is 0.450 e. The standard InChI is InChI=1S/C20H17OS.C18H23OS.C18H15S.3C13H14F6O6S2.6CH4/c21-14-13-15-9-11-16(12-10-15)22-19-7-3-1-5-17(19)18-6-2-4-8-20(18)22;1-2-11-19-14-15-9-10-18(20-12-5-6-13-20)17-8-4-3-7-16(15)17;1-4-10-16(11-5-1)19(17-12-6-2-7-13-17)18-14-8-3-9-15-18;3*1-3-8(2)9-4-6-10(7-5-9)25-27(23,24)13(18,19)11(14,15)12(16,17)26(20,21)22;;;;;;/h1-12,21H,13-14H2;3-4,7-10H,2,5-6,11-14H2,1H3;1-15H;3*4-8H,3H2,1-2H3,(H,20,21,22);6*1H4/q3*+1;;;;;;;;;/p-3. The van der Waals surface area contributed by atoms with Gasteiger partial charge in [-0.15, -0.1) is 0 Å². The van der Waals surface area contributed by atoms with Crippen molar-refractivity contribution in [3.8, 4) is 22.1 Å². The third-order valence-electron chi connectivity index (χ3n) is 21.8. The van der Waals surface area contributed by atoms with Crippen LogP contribution in [0.1, 0.15) is 177 Å². The first-order chi connectivity index (χ1) is 66.0. The second kappa shape index (κ2) is 54.5. The van der Waals surface area contributed by atoms with Gasteiger partial charge in [-0.25, -0.2) is 25.3 Å². The molecule has 1 aliphatic heterocycles. The summed E-state index contributed by atoms with van der Waals surface area (Å²) in [6.45, 7) is 14.7. The van der Waals surface area contributed by atoms with Gasteiger partial charge < -0.3 is 36.1 Å². The van der Waals surface area contributed by atoms with E-state index < -0.39 is 127 Å². The summed E-state index contributed by atoms with van der Waals surface area (Å²) in [5.74, 6) is -21.3. The first kappa shape index (κ1) is 134. The van der Waals surface area contributed by atoms with Crippen LogP contribution < -0.4 is 12.5 Å². The monoisotopic (exact) mass is 2280 g/mol. The van der Waals surface area contributed by atoms with Crippen LogP contribution in [0.5, 0.6) is 17.2 Å². The molecule has 20 nitrogen and oxygen atoms in total. The summed E-state index contributed by atoms with van der Waals surface area (Å²) in [6, 6.07) is 84.1. The molecule has 1 N–H and O–H groups in total. The molecule has 1 aliphatic rings. The molecule has 47 heteroatoms. The number of fused-ring (bicyclic) bond motifs is 4. The van der Waals surface area contributed by atoms with Gasteiger partial charge in [-0.05, 0) is 217 Å². The summed E-state index contributed by atoms with van der Waals surface area (Å²) < 4.78 is 420. The molecule has 3 atom stereocenters. The Balaban J connectivity index is 0.000000597. The van der Waals surface area contributed by atoms with Gasteiger partial charge >= 0.3 is 79.6 Å². The minimum Gasteiger partial charge on any atom is -0.743 e. The Morgan fingerprint density at radius 3 is 0.899 bits per heavy atom. The van der Waals surface area contributed by atoms with Crippen LogP contribution in [0.2, 0.25) is 0 Å². The molecular weight excluding hydrogens is 2160 g/mol. The van der Waals surface area contributed by atoms with E-state index in [0.717, 1.165) is 62.5 Å². The molecule has 12 aromatic rings. The summed E-state index contributed by atoms with van der Waals surface area (Å²) in [5, 5.41) is -26.3. The summed E-state index contributed by atoms with van der Waals surface area (Å²) in [4.78, 5) is 7.01. The molecule has 11 aromatic carbocycles. The smallest absolute Gasteiger partial charge is 0.450 e. The zero-order valence-corrected chi connectivity index (χ0v) is 83.2. The summed E-state index contributed by atoms with van der Waals surface area (Å²) in [7, 11) is -42.0. The van der Waals surface area contributed by atoms with Crippen molar-refractivity contribution in [3.63, 3.8) is 0 Å². The Kier molecular flexibility index (Phi) is 49.4. The Labute approximate surface area is 862 Å². The number of aliphatic hydroxyl groups is 1. The third-order valence-corrected chi connectivity index (χ3v) is 35.5. The number of alkyl halides is 18. The lowest BCUT2D eigenvalue weighted by atomic mass is 9.99. The molecule has 1 saturated heterocycles. The molecule has 148 heavy (non-hydrogen) atoms. The average molecular weight is 2280 g/mol. The van der Waals surface area contributed by atoms with Crippen LogP contribution in [0.15, 0.2) is 293 Å². The van der Waals surface area contributed by atoms with Crippen molar-refractivity contribution in [2.24, 2.45) is 0 Å². The fraction of sp³-hybridized carbons (Fsp3) is 0.366. The lowest BCUT2D eigenvalue weighted by Gasteiger charge is -2.32. The molecule has 0 bridgehead atoms. The zero-order valence-electron chi connectivity index (χ0n) is 75.9. The molecule has 3 unspecified atom stereocenters. The van der Waals surface area contributed by atoms with E-state index in [2.05, 4.69) is 220 Å². The van der Waals surface area contributed by atoms with Crippen LogP contribution in [-0.4, -0.2) is 143 Å². The number of aliphatic hydroxyl groups excluding tert-OH is 1. The normalized spacial score (nSPS) is 13.7. The number of hydrogen-bond donors (Lipinski definition) is 1. The van der Waals surface area contributed by atoms with Crippen molar-refractivity contribution in [3.05, 3.63) is 301 Å². The number of rotatable bonds is 35. The highest BCUT2D eigenvalue weighted by Crippen LogP contribution is 2.55. The third kappa shape index (κ3) is 30.0. The quantitative estimate of drug-likeness (QED) is 0.0127. The predicted octanol–water partition coefficient (Wildman–Crippen LogP) is 28.2. The molecule has 0 saturated carbocycles. The maximum absolute atomic E-state index is 13.6. The maximum atomic E-state index is 13.6. The number of benzene rings is 11. The Morgan fingerprint density at radius 1 is 0.345 bits per heavy atom. The first-order valence-electron chi connectivity index (χ1n) is 42.7. The van der Waals surface area contributed by atoms with Gasteiger partial charge in [0.2, 0.25) is 0 Å². The van der Waals surface area contributed by atoms with Gasteiger partial charge in [0.05, 0.1) is 17.5 Å². The molecule has 13 rings (SSSR count). The van der Waals surface area contributed by atoms with Gasteiger partial charge in [0.25, 0.3) is 0 Å². The highest BCUT2D eigenvalue weighted by molar-refractivity contribution is 7.97. The minimum atomic E-state index is -7.33. The lowest BCUT2D eigenvalue weighted by molar-refractivity contribution is -0.247. The van der Waals surface area contributed by atoms with Gasteiger partial charge in [-0.3, -0.25) is 0 Å². The summed E-state index contributed by atoms with van der Waals surface area (Å²) in [6.07, 6.45) is 6.57. The van der Waals surface area contributed by atoms with Crippen molar-refractivity contribution in [1.82, 2.24) is 0 Å². The number of hydrogen-bond acceptors (Lipinski definition) is 20. The van der Waals surface area contributed by atoms with Crippen LogP contribution in [0.4, 0.5) is 79.0 Å².